The van der Waals surface area contributed by atoms with Gasteiger partial charge in [0.1, 0.15) is 17.4 Å². The van der Waals surface area contributed by atoms with Crippen LogP contribution >= 0.6 is 0 Å². The Morgan fingerprint density at radius 2 is 1.81 bits per heavy atom. The molecule has 0 saturated carbocycles. The van der Waals surface area contributed by atoms with Crippen LogP contribution in [0.25, 0.3) is 0 Å². The highest BCUT2D eigenvalue weighted by atomic mass is 19.1. The number of hydrogen-bond acceptors (Lipinski definition) is 3. The van der Waals surface area contributed by atoms with Gasteiger partial charge < -0.3 is 10.1 Å². The summed E-state index contributed by atoms with van der Waals surface area (Å²) in [5.74, 6) is -0.556. The molecule has 0 saturated heterocycles. The van der Waals surface area contributed by atoms with Crippen LogP contribution in [0.15, 0.2) is 36.7 Å². The predicted molar refractivity (Wildman–Crippen MR) is 77.3 cm³/mol. The van der Waals surface area contributed by atoms with Gasteiger partial charge >= 0.3 is 0 Å². The van der Waals surface area contributed by atoms with E-state index in [2.05, 4.69) is 10.3 Å². The lowest BCUT2D eigenvalue weighted by Crippen LogP contribution is -2.18. The summed E-state index contributed by atoms with van der Waals surface area (Å²) >= 11 is 0. The van der Waals surface area contributed by atoms with Crippen molar-refractivity contribution in [3.63, 3.8) is 0 Å². The molecule has 0 fully saturated rings. The van der Waals surface area contributed by atoms with Crippen LogP contribution in [0, 0.1) is 11.6 Å². The van der Waals surface area contributed by atoms with Crippen molar-refractivity contribution in [2.24, 2.45) is 0 Å². The van der Waals surface area contributed by atoms with Crippen molar-refractivity contribution < 1.29 is 13.5 Å². The lowest BCUT2D eigenvalue weighted by molar-refractivity contribution is 0.315. The molecular weight excluding hydrogens is 274 g/mol. The maximum absolute atomic E-state index is 13.4. The minimum atomic E-state index is -0.600. The van der Waals surface area contributed by atoms with Crippen molar-refractivity contribution in [3.8, 4) is 5.75 Å². The molecule has 0 aliphatic carbocycles. The Kier molecular flexibility index (Phi) is 5.22. The van der Waals surface area contributed by atoms with E-state index in [0.29, 0.717) is 17.9 Å². The highest BCUT2D eigenvalue weighted by molar-refractivity contribution is 5.34. The maximum atomic E-state index is 13.4. The number of nitrogens with zero attached hydrogens (tertiary/aromatic N) is 1. The molecule has 1 atom stereocenters. The molecule has 0 aliphatic rings. The molecule has 0 radical (unpaired) electrons. The van der Waals surface area contributed by atoms with E-state index in [4.69, 9.17) is 4.74 Å². The van der Waals surface area contributed by atoms with Crippen LogP contribution in [0.1, 0.15) is 30.5 Å². The molecule has 2 aromatic rings. The summed E-state index contributed by atoms with van der Waals surface area (Å²) in [6.07, 6.45) is 4.18. The molecule has 1 N–H and O–H groups in total. The van der Waals surface area contributed by atoms with Gasteiger partial charge in [0.15, 0.2) is 0 Å². The number of nitrogens with one attached hydrogen (secondary N) is 1. The monoisotopic (exact) mass is 292 g/mol. The highest BCUT2D eigenvalue weighted by Crippen LogP contribution is 2.25. The molecule has 112 valence electrons. The fraction of sp³-hybridized carbons (Fsp3) is 0.312. The Balaban J connectivity index is 2.32. The van der Waals surface area contributed by atoms with Gasteiger partial charge in [0.2, 0.25) is 0 Å². The third-order valence-electron chi connectivity index (χ3n) is 3.05. The number of halogens is 2. The molecule has 2 rings (SSSR count). The summed E-state index contributed by atoms with van der Waals surface area (Å²) in [6.45, 7) is 2.62. The number of hydrogen-bond donors (Lipinski definition) is 1. The van der Waals surface area contributed by atoms with Gasteiger partial charge in [-0.15, -0.1) is 0 Å². The summed E-state index contributed by atoms with van der Waals surface area (Å²) in [5, 5.41) is 3.04. The van der Waals surface area contributed by atoms with E-state index in [1.807, 2.05) is 13.0 Å². The van der Waals surface area contributed by atoms with E-state index >= 15 is 0 Å². The molecule has 0 aliphatic heterocycles. The van der Waals surface area contributed by atoms with Crippen LogP contribution in [-0.2, 0) is 0 Å². The van der Waals surface area contributed by atoms with E-state index in [1.165, 1.54) is 12.1 Å². The van der Waals surface area contributed by atoms with E-state index in [0.717, 1.165) is 18.1 Å². The molecule has 5 heteroatoms. The van der Waals surface area contributed by atoms with Gasteiger partial charge in [0, 0.05) is 12.3 Å². The molecule has 1 unspecified atom stereocenters. The third-order valence-corrected chi connectivity index (χ3v) is 3.05. The molecule has 3 nitrogen and oxygen atoms in total. The van der Waals surface area contributed by atoms with Crippen LogP contribution in [0.2, 0.25) is 0 Å². The maximum Gasteiger partial charge on any atom is 0.137 e. The molecule has 0 amide bonds. The van der Waals surface area contributed by atoms with Crippen molar-refractivity contribution in [1.29, 1.82) is 0 Å². The van der Waals surface area contributed by atoms with Crippen molar-refractivity contribution in [2.75, 3.05) is 13.7 Å². The lowest BCUT2D eigenvalue weighted by atomic mass is 10.00. The Bertz CT molecular complexity index is 584. The fourth-order valence-electron chi connectivity index (χ4n) is 2.16. The number of aromatic nitrogens is 1. The molecule has 1 aromatic carbocycles. The zero-order valence-corrected chi connectivity index (χ0v) is 12.1. The molecule has 21 heavy (non-hydrogen) atoms. The molecular formula is C16H18F2N2O. The van der Waals surface area contributed by atoms with Crippen molar-refractivity contribution in [2.45, 2.75) is 19.4 Å². The SMILES string of the molecule is CCCOc1cncc(C(NC)c2cc(F)cc(F)c2)c1. The van der Waals surface area contributed by atoms with Gasteiger partial charge in [-0.1, -0.05) is 6.92 Å². The van der Waals surface area contributed by atoms with Crippen LogP contribution in [0.4, 0.5) is 8.78 Å². The van der Waals surface area contributed by atoms with Gasteiger partial charge in [-0.25, -0.2) is 8.78 Å². The standard InChI is InChI=1S/C16H18F2N2O/c1-3-4-21-15-7-12(9-20-10-15)16(19-2)11-5-13(17)8-14(18)6-11/h5-10,16,19H,3-4H2,1-2H3. The molecule has 0 spiro atoms. The first-order valence-corrected chi connectivity index (χ1v) is 6.85. The Labute approximate surface area is 123 Å². The van der Waals surface area contributed by atoms with E-state index in [1.54, 1.807) is 19.4 Å². The zero-order valence-electron chi connectivity index (χ0n) is 12.1. The molecule has 1 aromatic heterocycles. The average Bonchev–Trinajstić information content (AvgIpc) is 2.45. The number of pyridine rings is 1. The first-order valence-electron chi connectivity index (χ1n) is 6.85. The minimum Gasteiger partial charge on any atom is -0.492 e. The summed E-state index contributed by atoms with van der Waals surface area (Å²) in [5.41, 5.74) is 1.29. The summed E-state index contributed by atoms with van der Waals surface area (Å²) < 4.78 is 32.3. The van der Waals surface area contributed by atoms with E-state index in [-0.39, 0.29) is 6.04 Å². The smallest absolute Gasteiger partial charge is 0.137 e. The van der Waals surface area contributed by atoms with Gasteiger partial charge in [-0.05, 0) is 42.8 Å². The normalized spacial score (nSPS) is 12.2. The summed E-state index contributed by atoms with van der Waals surface area (Å²) in [6, 6.07) is 4.95. The number of ether oxygens (including phenoxy) is 1. The average molecular weight is 292 g/mol. The fourth-order valence-corrected chi connectivity index (χ4v) is 2.16. The van der Waals surface area contributed by atoms with Gasteiger partial charge in [-0.2, -0.15) is 0 Å². The largest absolute Gasteiger partial charge is 0.492 e. The second-order valence-electron chi connectivity index (χ2n) is 4.73. The second-order valence-corrected chi connectivity index (χ2v) is 4.73. The van der Waals surface area contributed by atoms with Gasteiger partial charge in [0.05, 0.1) is 18.8 Å². The van der Waals surface area contributed by atoms with Gasteiger partial charge in [-0.3, -0.25) is 4.98 Å². The first kappa shape index (κ1) is 15.4. The third kappa shape index (κ3) is 3.98. The topological polar surface area (TPSA) is 34.1 Å². The zero-order chi connectivity index (χ0) is 15.2. The Morgan fingerprint density at radius 3 is 2.43 bits per heavy atom. The number of rotatable bonds is 6. The lowest BCUT2D eigenvalue weighted by Gasteiger charge is -2.18. The number of benzene rings is 1. The quantitative estimate of drug-likeness (QED) is 0.885. The van der Waals surface area contributed by atoms with Gasteiger partial charge in [0.25, 0.3) is 0 Å². The van der Waals surface area contributed by atoms with E-state index < -0.39 is 11.6 Å². The molecule has 1 heterocycles. The van der Waals surface area contributed by atoms with Crippen LogP contribution in [0.3, 0.4) is 0 Å². The van der Waals surface area contributed by atoms with Crippen LogP contribution in [-0.4, -0.2) is 18.6 Å². The predicted octanol–water partition coefficient (Wildman–Crippen LogP) is 3.46. The second kappa shape index (κ2) is 7.13. The van der Waals surface area contributed by atoms with Crippen LogP contribution in [0.5, 0.6) is 5.75 Å². The minimum absolute atomic E-state index is 0.354. The first-order chi connectivity index (χ1) is 10.1. The van der Waals surface area contributed by atoms with Crippen molar-refractivity contribution >= 4 is 0 Å². The van der Waals surface area contributed by atoms with Crippen LogP contribution < -0.4 is 10.1 Å². The summed E-state index contributed by atoms with van der Waals surface area (Å²) in [7, 11) is 1.73. The van der Waals surface area contributed by atoms with E-state index in [9.17, 15) is 8.78 Å². The van der Waals surface area contributed by atoms with Crippen molar-refractivity contribution in [1.82, 2.24) is 10.3 Å². The Morgan fingerprint density at radius 1 is 1.10 bits per heavy atom. The highest BCUT2D eigenvalue weighted by Gasteiger charge is 2.15. The molecule has 0 bridgehead atoms. The Hall–Kier alpha value is -2.01. The van der Waals surface area contributed by atoms with Crippen molar-refractivity contribution in [3.05, 3.63) is 59.4 Å². The summed E-state index contributed by atoms with van der Waals surface area (Å²) in [4.78, 5) is 4.12.